The van der Waals surface area contributed by atoms with Crippen molar-refractivity contribution in [2.45, 2.75) is 44.4 Å². The maximum absolute atomic E-state index is 5.77. The first-order valence-electron chi connectivity index (χ1n) is 6.67. The Kier molecular flexibility index (Phi) is 4.41. The van der Waals surface area contributed by atoms with E-state index in [0.717, 1.165) is 18.9 Å². The lowest BCUT2D eigenvalue weighted by molar-refractivity contribution is 0.296. The highest BCUT2D eigenvalue weighted by molar-refractivity contribution is 5.20. The van der Waals surface area contributed by atoms with E-state index in [1.54, 1.807) is 0 Å². The standard InChI is InChI=1S/C15H23N/c16-12-11-15(13-7-3-1-4-8-13)14-9-5-2-6-10-14/h1,3-4,7-8,14-15H,2,5-6,9-12,16H2. The molecule has 1 aliphatic rings. The summed E-state index contributed by atoms with van der Waals surface area (Å²) in [6, 6.07) is 11.0. The van der Waals surface area contributed by atoms with Crippen LogP contribution >= 0.6 is 0 Å². The summed E-state index contributed by atoms with van der Waals surface area (Å²) < 4.78 is 0. The van der Waals surface area contributed by atoms with Crippen LogP contribution in [-0.4, -0.2) is 6.54 Å². The highest BCUT2D eigenvalue weighted by Crippen LogP contribution is 2.37. The minimum atomic E-state index is 0.700. The quantitative estimate of drug-likeness (QED) is 0.817. The van der Waals surface area contributed by atoms with Crippen molar-refractivity contribution >= 4 is 0 Å². The van der Waals surface area contributed by atoms with Gasteiger partial charge in [0, 0.05) is 0 Å². The minimum Gasteiger partial charge on any atom is -0.330 e. The van der Waals surface area contributed by atoms with Gasteiger partial charge in [0.25, 0.3) is 0 Å². The van der Waals surface area contributed by atoms with Crippen molar-refractivity contribution in [1.29, 1.82) is 0 Å². The molecule has 1 fully saturated rings. The molecule has 0 aliphatic heterocycles. The molecule has 16 heavy (non-hydrogen) atoms. The maximum atomic E-state index is 5.77. The van der Waals surface area contributed by atoms with E-state index < -0.39 is 0 Å². The molecule has 1 heteroatoms. The van der Waals surface area contributed by atoms with Crippen LogP contribution in [0.2, 0.25) is 0 Å². The second-order valence-electron chi connectivity index (χ2n) is 4.99. The average molecular weight is 217 g/mol. The molecule has 0 saturated heterocycles. The number of rotatable bonds is 4. The predicted octanol–water partition coefficient (Wildman–Crippen LogP) is 3.70. The molecule has 1 aliphatic carbocycles. The van der Waals surface area contributed by atoms with Gasteiger partial charge in [0.2, 0.25) is 0 Å². The van der Waals surface area contributed by atoms with Crippen LogP contribution in [0.1, 0.15) is 50.0 Å². The topological polar surface area (TPSA) is 26.0 Å². The molecule has 1 saturated carbocycles. The molecule has 0 heterocycles. The van der Waals surface area contributed by atoms with Gasteiger partial charge in [-0.25, -0.2) is 0 Å². The summed E-state index contributed by atoms with van der Waals surface area (Å²) in [7, 11) is 0. The van der Waals surface area contributed by atoms with Gasteiger partial charge in [-0.05, 0) is 43.2 Å². The summed E-state index contributed by atoms with van der Waals surface area (Å²) in [6.07, 6.45) is 8.21. The minimum absolute atomic E-state index is 0.700. The van der Waals surface area contributed by atoms with Crippen molar-refractivity contribution in [2.24, 2.45) is 11.7 Å². The third-order valence-electron chi connectivity index (χ3n) is 3.92. The second kappa shape index (κ2) is 6.05. The lowest BCUT2D eigenvalue weighted by atomic mass is 9.75. The Bertz CT molecular complexity index is 288. The van der Waals surface area contributed by atoms with Crippen LogP contribution in [0.5, 0.6) is 0 Å². The zero-order chi connectivity index (χ0) is 11.2. The summed E-state index contributed by atoms with van der Waals surface area (Å²) in [4.78, 5) is 0. The molecule has 1 nitrogen and oxygen atoms in total. The summed E-state index contributed by atoms with van der Waals surface area (Å²) in [5.41, 5.74) is 7.27. The molecule has 0 radical (unpaired) electrons. The Morgan fingerprint density at radius 2 is 1.75 bits per heavy atom. The normalized spacial score (nSPS) is 19.6. The fourth-order valence-electron chi connectivity index (χ4n) is 3.09. The summed E-state index contributed by atoms with van der Waals surface area (Å²) in [5, 5.41) is 0. The van der Waals surface area contributed by atoms with E-state index in [0.29, 0.717) is 5.92 Å². The van der Waals surface area contributed by atoms with Crippen LogP contribution in [0.25, 0.3) is 0 Å². The fraction of sp³-hybridized carbons (Fsp3) is 0.600. The van der Waals surface area contributed by atoms with Crippen molar-refractivity contribution in [3.63, 3.8) is 0 Å². The van der Waals surface area contributed by atoms with E-state index in [1.165, 1.54) is 37.7 Å². The Balaban J connectivity index is 2.09. The largest absolute Gasteiger partial charge is 0.330 e. The first kappa shape index (κ1) is 11.7. The van der Waals surface area contributed by atoms with Crippen LogP contribution in [0, 0.1) is 5.92 Å². The maximum Gasteiger partial charge on any atom is -0.00713 e. The van der Waals surface area contributed by atoms with Gasteiger partial charge in [0.15, 0.2) is 0 Å². The summed E-state index contributed by atoms with van der Waals surface area (Å²) in [6.45, 7) is 0.816. The highest BCUT2D eigenvalue weighted by Gasteiger charge is 2.23. The van der Waals surface area contributed by atoms with Gasteiger partial charge in [-0.3, -0.25) is 0 Å². The van der Waals surface area contributed by atoms with Crippen LogP contribution < -0.4 is 5.73 Å². The van der Waals surface area contributed by atoms with Crippen LogP contribution in [-0.2, 0) is 0 Å². The van der Waals surface area contributed by atoms with E-state index in [4.69, 9.17) is 5.73 Å². The van der Waals surface area contributed by atoms with Crippen LogP contribution in [0.3, 0.4) is 0 Å². The van der Waals surface area contributed by atoms with E-state index >= 15 is 0 Å². The first-order valence-corrected chi connectivity index (χ1v) is 6.67. The van der Waals surface area contributed by atoms with Crippen molar-refractivity contribution in [3.8, 4) is 0 Å². The number of benzene rings is 1. The molecular weight excluding hydrogens is 194 g/mol. The van der Waals surface area contributed by atoms with Gasteiger partial charge in [-0.2, -0.15) is 0 Å². The zero-order valence-corrected chi connectivity index (χ0v) is 10.1. The Morgan fingerprint density at radius 1 is 1.06 bits per heavy atom. The smallest absolute Gasteiger partial charge is 0.00713 e. The van der Waals surface area contributed by atoms with Crippen molar-refractivity contribution in [1.82, 2.24) is 0 Å². The molecular formula is C15H23N. The Morgan fingerprint density at radius 3 is 2.38 bits per heavy atom. The SMILES string of the molecule is NCCC(c1ccccc1)C1CCCCC1. The Labute approximate surface area is 99.0 Å². The highest BCUT2D eigenvalue weighted by atomic mass is 14.5. The molecule has 88 valence electrons. The lowest BCUT2D eigenvalue weighted by Gasteiger charge is -2.30. The van der Waals surface area contributed by atoms with Crippen molar-refractivity contribution in [2.75, 3.05) is 6.54 Å². The zero-order valence-electron chi connectivity index (χ0n) is 10.1. The van der Waals surface area contributed by atoms with Gasteiger partial charge in [-0.1, -0.05) is 49.6 Å². The first-order chi connectivity index (χ1) is 7.92. The third kappa shape index (κ3) is 2.85. The van der Waals surface area contributed by atoms with E-state index in [9.17, 15) is 0 Å². The van der Waals surface area contributed by atoms with Gasteiger partial charge < -0.3 is 5.73 Å². The molecule has 0 amide bonds. The molecule has 0 bridgehead atoms. The second-order valence-corrected chi connectivity index (χ2v) is 4.99. The lowest BCUT2D eigenvalue weighted by Crippen LogP contribution is -2.19. The van der Waals surface area contributed by atoms with E-state index in [1.807, 2.05) is 0 Å². The average Bonchev–Trinajstić information content (AvgIpc) is 2.38. The van der Waals surface area contributed by atoms with Crippen molar-refractivity contribution in [3.05, 3.63) is 35.9 Å². The van der Waals surface area contributed by atoms with Gasteiger partial charge >= 0.3 is 0 Å². The van der Waals surface area contributed by atoms with Gasteiger partial charge in [0.05, 0.1) is 0 Å². The molecule has 1 atom stereocenters. The van der Waals surface area contributed by atoms with Gasteiger partial charge in [0.1, 0.15) is 0 Å². The molecule has 1 unspecified atom stereocenters. The molecule has 1 aromatic rings. The van der Waals surface area contributed by atoms with Crippen molar-refractivity contribution < 1.29 is 0 Å². The van der Waals surface area contributed by atoms with E-state index in [2.05, 4.69) is 30.3 Å². The van der Waals surface area contributed by atoms with Crippen LogP contribution in [0.15, 0.2) is 30.3 Å². The Hall–Kier alpha value is -0.820. The number of hydrogen-bond donors (Lipinski definition) is 1. The summed E-state index contributed by atoms with van der Waals surface area (Å²) >= 11 is 0. The number of hydrogen-bond acceptors (Lipinski definition) is 1. The molecule has 2 N–H and O–H groups in total. The van der Waals surface area contributed by atoms with Crippen LogP contribution in [0.4, 0.5) is 0 Å². The molecule has 1 aromatic carbocycles. The molecule has 0 aromatic heterocycles. The summed E-state index contributed by atoms with van der Waals surface area (Å²) in [5.74, 6) is 1.58. The van der Waals surface area contributed by atoms with E-state index in [-0.39, 0.29) is 0 Å². The third-order valence-corrected chi connectivity index (χ3v) is 3.92. The van der Waals surface area contributed by atoms with Gasteiger partial charge in [-0.15, -0.1) is 0 Å². The molecule has 2 rings (SSSR count). The number of nitrogens with two attached hydrogens (primary N) is 1. The fourth-order valence-corrected chi connectivity index (χ4v) is 3.09. The molecule has 0 spiro atoms. The monoisotopic (exact) mass is 217 g/mol. The predicted molar refractivity (Wildman–Crippen MR) is 69.4 cm³/mol.